The zero-order chi connectivity index (χ0) is 18.9. The standard InChI is InChI=1S/C16H16F2N2O4S/c1-19(2)12-6-4-5-7-13(12)20(3)25(23,24)14-9-10(16(21)22)8-11(17)15(14)18/h4-9H,1-3H3,(H,21,22). The molecule has 25 heavy (non-hydrogen) atoms. The number of carboxylic acids is 1. The zero-order valence-electron chi connectivity index (χ0n) is 13.7. The Hall–Kier alpha value is -2.68. The average molecular weight is 370 g/mol. The number of nitrogens with zero attached hydrogens (tertiary/aromatic N) is 2. The molecule has 0 aliphatic heterocycles. The molecule has 0 radical (unpaired) electrons. The number of sulfonamides is 1. The molecule has 0 atom stereocenters. The summed E-state index contributed by atoms with van der Waals surface area (Å²) in [6, 6.07) is 7.49. The summed E-state index contributed by atoms with van der Waals surface area (Å²) in [6.07, 6.45) is 0. The van der Waals surface area contributed by atoms with Crippen LogP contribution in [0.3, 0.4) is 0 Å². The van der Waals surface area contributed by atoms with Crippen molar-refractivity contribution in [2.24, 2.45) is 0 Å². The second-order valence-electron chi connectivity index (χ2n) is 5.43. The highest BCUT2D eigenvalue weighted by atomic mass is 32.2. The Morgan fingerprint density at radius 1 is 1.04 bits per heavy atom. The van der Waals surface area contributed by atoms with Crippen LogP contribution >= 0.6 is 0 Å². The second-order valence-corrected chi connectivity index (χ2v) is 7.37. The fourth-order valence-corrected chi connectivity index (χ4v) is 3.57. The molecular formula is C16H16F2N2O4S. The van der Waals surface area contributed by atoms with Crippen LogP contribution in [-0.4, -0.2) is 40.6 Å². The van der Waals surface area contributed by atoms with Gasteiger partial charge in [0.1, 0.15) is 4.90 Å². The minimum atomic E-state index is -4.53. The molecule has 0 aromatic heterocycles. The van der Waals surface area contributed by atoms with E-state index in [1.54, 1.807) is 37.2 Å². The van der Waals surface area contributed by atoms with Crippen LogP contribution < -0.4 is 9.21 Å². The number of anilines is 2. The largest absolute Gasteiger partial charge is 0.478 e. The van der Waals surface area contributed by atoms with E-state index in [0.29, 0.717) is 17.8 Å². The third-order valence-electron chi connectivity index (χ3n) is 3.58. The molecule has 2 rings (SSSR count). The predicted octanol–water partition coefficient (Wildman–Crippen LogP) is 2.55. The summed E-state index contributed by atoms with van der Waals surface area (Å²) in [7, 11) is 0.0521. The Balaban J connectivity index is 2.66. The molecule has 0 fully saturated rings. The summed E-state index contributed by atoms with van der Waals surface area (Å²) < 4.78 is 54.1. The minimum absolute atomic E-state index is 0.230. The Morgan fingerprint density at radius 2 is 1.60 bits per heavy atom. The molecule has 2 aromatic rings. The van der Waals surface area contributed by atoms with Gasteiger partial charge >= 0.3 is 5.97 Å². The van der Waals surface area contributed by atoms with Crippen molar-refractivity contribution in [3.05, 3.63) is 53.6 Å². The van der Waals surface area contributed by atoms with E-state index in [9.17, 15) is 22.0 Å². The number of rotatable bonds is 5. The summed E-state index contributed by atoms with van der Waals surface area (Å²) in [4.78, 5) is 11.6. The smallest absolute Gasteiger partial charge is 0.335 e. The van der Waals surface area contributed by atoms with Crippen LogP contribution in [0.4, 0.5) is 20.2 Å². The highest BCUT2D eigenvalue weighted by Gasteiger charge is 2.30. The van der Waals surface area contributed by atoms with E-state index in [4.69, 9.17) is 5.11 Å². The van der Waals surface area contributed by atoms with Crippen molar-refractivity contribution in [1.82, 2.24) is 0 Å². The second kappa shape index (κ2) is 6.67. The molecule has 0 aliphatic rings. The van der Waals surface area contributed by atoms with Crippen LogP contribution in [0.5, 0.6) is 0 Å². The molecule has 1 N–H and O–H groups in total. The Bertz CT molecular complexity index is 930. The van der Waals surface area contributed by atoms with Gasteiger partial charge in [0.15, 0.2) is 11.6 Å². The predicted molar refractivity (Wildman–Crippen MR) is 89.7 cm³/mol. The fraction of sp³-hybridized carbons (Fsp3) is 0.188. The van der Waals surface area contributed by atoms with Gasteiger partial charge in [-0.1, -0.05) is 12.1 Å². The van der Waals surface area contributed by atoms with Gasteiger partial charge < -0.3 is 10.0 Å². The maximum atomic E-state index is 14.1. The molecule has 9 heteroatoms. The number of aromatic carboxylic acids is 1. The first-order valence-corrected chi connectivity index (χ1v) is 8.49. The fourth-order valence-electron chi connectivity index (χ4n) is 2.26. The summed E-state index contributed by atoms with van der Waals surface area (Å²) in [5.41, 5.74) is 0.101. The van der Waals surface area contributed by atoms with E-state index in [1.165, 1.54) is 13.1 Å². The van der Waals surface area contributed by atoms with Gasteiger partial charge in [0.05, 0.1) is 16.9 Å². The van der Waals surface area contributed by atoms with E-state index in [2.05, 4.69) is 0 Å². The van der Waals surface area contributed by atoms with E-state index in [1.807, 2.05) is 0 Å². The lowest BCUT2D eigenvalue weighted by Gasteiger charge is -2.25. The van der Waals surface area contributed by atoms with Crippen LogP contribution in [0, 0.1) is 11.6 Å². The van der Waals surface area contributed by atoms with Crippen molar-refractivity contribution >= 4 is 27.4 Å². The van der Waals surface area contributed by atoms with Gasteiger partial charge in [-0.2, -0.15) is 0 Å². The van der Waals surface area contributed by atoms with Crippen LogP contribution in [0.1, 0.15) is 10.4 Å². The number of halogens is 2. The minimum Gasteiger partial charge on any atom is -0.478 e. The SMILES string of the molecule is CN(C)c1ccccc1N(C)S(=O)(=O)c1cc(C(=O)O)cc(F)c1F. The van der Waals surface area contributed by atoms with Crippen molar-refractivity contribution in [1.29, 1.82) is 0 Å². The lowest BCUT2D eigenvalue weighted by molar-refractivity contribution is 0.0696. The number of para-hydroxylation sites is 2. The number of hydrogen-bond acceptors (Lipinski definition) is 4. The van der Waals surface area contributed by atoms with Gasteiger partial charge in [-0.3, -0.25) is 4.31 Å². The Kier molecular flexibility index (Phi) is 4.98. The van der Waals surface area contributed by atoms with Crippen molar-refractivity contribution in [3.8, 4) is 0 Å². The van der Waals surface area contributed by atoms with E-state index in [0.717, 1.165) is 4.31 Å². The van der Waals surface area contributed by atoms with Crippen LogP contribution in [0.15, 0.2) is 41.3 Å². The van der Waals surface area contributed by atoms with Crippen molar-refractivity contribution in [2.75, 3.05) is 30.3 Å². The van der Waals surface area contributed by atoms with Crippen molar-refractivity contribution in [3.63, 3.8) is 0 Å². The molecule has 0 bridgehead atoms. The van der Waals surface area contributed by atoms with Gasteiger partial charge in [0.25, 0.3) is 10.0 Å². The molecular weight excluding hydrogens is 354 g/mol. The molecule has 6 nitrogen and oxygen atoms in total. The monoisotopic (exact) mass is 370 g/mol. The number of carbonyl (C=O) groups is 1. The topological polar surface area (TPSA) is 77.9 Å². The molecule has 0 spiro atoms. The summed E-state index contributed by atoms with van der Waals surface area (Å²) in [6.45, 7) is 0. The summed E-state index contributed by atoms with van der Waals surface area (Å²) in [5.74, 6) is -4.74. The highest BCUT2D eigenvalue weighted by Crippen LogP contribution is 2.32. The zero-order valence-corrected chi connectivity index (χ0v) is 14.5. The third kappa shape index (κ3) is 3.41. The molecule has 0 unspecified atom stereocenters. The molecule has 0 aliphatic carbocycles. The van der Waals surface area contributed by atoms with Gasteiger partial charge in [0.2, 0.25) is 0 Å². The van der Waals surface area contributed by atoms with Crippen molar-refractivity contribution < 1.29 is 27.1 Å². The van der Waals surface area contributed by atoms with Crippen LogP contribution in [-0.2, 0) is 10.0 Å². The first-order chi connectivity index (χ1) is 11.6. The van der Waals surface area contributed by atoms with Gasteiger partial charge in [0, 0.05) is 21.1 Å². The lowest BCUT2D eigenvalue weighted by Crippen LogP contribution is -2.29. The first-order valence-electron chi connectivity index (χ1n) is 7.05. The highest BCUT2D eigenvalue weighted by molar-refractivity contribution is 7.92. The normalized spacial score (nSPS) is 11.2. The number of hydrogen-bond donors (Lipinski definition) is 1. The van der Waals surface area contributed by atoms with E-state index in [-0.39, 0.29) is 5.69 Å². The number of benzene rings is 2. The quantitative estimate of drug-likeness (QED) is 0.875. The molecule has 2 aromatic carbocycles. The van der Waals surface area contributed by atoms with Gasteiger partial charge in [-0.15, -0.1) is 0 Å². The third-order valence-corrected chi connectivity index (χ3v) is 5.35. The molecule has 0 amide bonds. The summed E-state index contributed by atoms with van der Waals surface area (Å²) >= 11 is 0. The molecule has 0 saturated heterocycles. The Morgan fingerprint density at radius 3 is 2.12 bits per heavy atom. The van der Waals surface area contributed by atoms with E-state index >= 15 is 0 Å². The lowest BCUT2D eigenvalue weighted by atomic mass is 10.2. The molecule has 0 heterocycles. The van der Waals surface area contributed by atoms with Crippen LogP contribution in [0.25, 0.3) is 0 Å². The maximum absolute atomic E-state index is 14.1. The first kappa shape index (κ1) is 18.7. The molecule has 134 valence electrons. The summed E-state index contributed by atoms with van der Waals surface area (Å²) in [5, 5.41) is 8.96. The Labute approximate surface area is 144 Å². The number of carboxylic acid groups (broad SMARTS) is 1. The van der Waals surface area contributed by atoms with Gasteiger partial charge in [-0.05, 0) is 24.3 Å². The maximum Gasteiger partial charge on any atom is 0.335 e. The van der Waals surface area contributed by atoms with Gasteiger partial charge in [-0.25, -0.2) is 22.0 Å². The average Bonchev–Trinajstić information content (AvgIpc) is 2.55. The van der Waals surface area contributed by atoms with Crippen molar-refractivity contribution in [2.45, 2.75) is 4.90 Å². The molecule has 0 saturated carbocycles. The van der Waals surface area contributed by atoms with Crippen LogP contribution in [0.2, 0.25) is 0 Å². The van der Waals surface area contributed by atoms with E-state index < -0.39 is 38.1 Å².